The molecule has 5 fully saturated rings. The van der Waals surface area contributed by atoms with Gasteiger partial charge >= 0.3 is 6.09 Å². The number of aliphatic hydroxyl groups excluding tert-OH is 1. The zero-order valence-electron chi connectivity index (χ0n) is 21.9. The molecule has 0 aromatic heterocycles. The highest BCUT2D eigenvalue weighted by Gasteiger charge is 2.72. The third kappa shape index (κ3) is 5.28. The summed E-state index contributed by atoms with van der Waals surface area (Å²) < 4.78 is 24.3. The quantitative estimate of drug-likeness (QED) is 0.412. The third-order valence-corrected chi connectivity index (χ3v) is 9.12. The molecule has 0 unspecified atom stereocenters. The molecule has 198 valence electrons. The Labute approximate surface area is 209 Å². The largest absolute Gasteiger partial charge is 0.443 e. The molecule has 5 aliphatic rings. The molecule has 1 amide bonds. The highest BCUT2D eigenvalue weighted by atomic mass is 16.6. The van der Waals surface area contributed by atoms with Crippen molar-refractivity contribution >= 4 is 6.09 Å². The van der Waals surface area contributed by atoms with Gasteiger partial charge in [-0.05, 0) is 71.8 Å². The van der Waals surface area contributed by atoms with Gasteiger partial charge in [0.05, 0.1) is 24.7 Å². The fraction of sp³-hybridized carbons (Fsp3) is 0.889. The smallest absolute Gasteiger partial charge is 0.410 e. The van der Waals surface area contributed by atoms with E-state index in [4.69, 9.17) is 18.9 Å². The van der Waals surface area contributed by atoms with E-state index in [9.17, 15) is 9.90 Å². The first-order valence-electron chi connectivity index (χ1n) is 13.6. The van der Waals surface area contributed by atoms with Crippen LogP contribution in [0.2, 0.25) is 0 Å². The third-order valence-electron chi connectivity index (χ3n) is 9.12. The van der Waals surface area contributed by atoms with Crippen LogP contribution in [0.25, 0.3) is 0 Å². The molecule has 35 heavy (non-hydrogen) atoms. The van der Waals surface area contributed by atoms with E-state index in [2.05, 4.69) is 31.7 Å². The standard InChI is InChI=1S/C27H44N2O6/c1-18(2)5-6-22-26(3,35-22)24-23(32-4)21(7-11-27(24)17-33-27)34-25(31)29-15-19(16-29)8-12-28-13-9-20(30)10-14-28/h5,19-24,30H,6-17H2,1-4H3/t21-,22-,23-,24-,26+,27+/m1/s1. The minimum absolute atomic E-state index is 0.0503. The second kappa shape index (κ2) is 9.93. The average molecular weight is 493 g/mol. The normalized spacial score (nSPS) is 39.9. The topological polar surface area (TPSA) is 87.3 Å². The minimum atomic E-state index is -0.319. The molecule has 5 rings (SSSR count). The number of rotatable bonds is 8. The maximum absolute atomic E-state index is 13.0. The number of likely N-dealkylation sites (tertiary alicyclic amines) is 2. The summed E-state index contributed by atoms with van der Waals surface area (Å²) in [6, 6.07) is 0. The highest BCUT2D eigenvalue weighted by Crippen LogP contribution is 2.59. The van der Waals surface area contributed by atoms with Crippen molar-refractivity contribution in [2.24, 2.45) is 11.8 Å². The number of hydrogen-bond acceptors (Lipinski definition) is 7. The van der Waals surface area contributed by atoms with Crippen LogP contribution in [0.3, 0.4) is 0 Å². The summed E-state index contributed by atoms with van der Waals surface area (Å²) in [5.74, 6) is 0.582. The lowest BCUT2D eigenvalue weighted by Crippen LogP contribution is -2.57. The van der Waals surface area contributed by atoms with Crippen LogP contribution in [0.1, 0.15) is 59.3 Å². The molecule has 1 N–H and O–H groups in total. The molecule has 1 saturated carbocycles. The number of aliphatic hydroxyl groups is 1. The first-order chi connectivity index (χ1) is 16.7. The number of epoxide rings is 2. The van der Waals surface area contributed by atoms with E-state index in [1.54, 1.807) is 7.11 Å². The van der Waals surface area contributed by atoms with Crippen molar-refractivity contribution in [1.29, 1.82) is 0 Å². The first-order valence-corrected chi connectivity index (χ1v) is 13.6. The van der Waals surface area contributed by atoms with E-state index in [0.717, 1.165) is 77.9 Å². The SMILES string of the molecule is CO[C@@H]1[C@H](OC(=O)N2CC(CCN3CCC(O)CC3)C2)CC[C@]2(CO2)[C@H]1[C@@]1(C)O[C@@H]1CC=C(C)C. The van der Waals surface area contributed by atoms with Crippen molar-refractivity contribution in [2.45, 2.75) is 94.9 Å². The van der Waals surface area contributed by atoms with E-state index in [1.165, 1.54) is 5.57 Å². The van der Waals surface area contributed by atoms with Gasteiger partial charge in [0.15, 0.2) is 0 Å². The zero-order valence-corrected chi connectivity index (χ0v) is 21.9. The van der Waals surface area contributed by atoms with Gasteiger partial charge in [0.1, 0.15) is 23.4 Å². The lowest BCUT2D eigenvalue weighted by Gasteiger charge is -2.45. The zero-order chi connectivity index (χ0) is 24.8. The number of piperidine rings is 1. The summed E-state index contributed by atoms with van der Waals surface area (Å²) in [4.78, 5) is 17.2. The number of amides is 1. The Balaban J connectivity index is 1.12. The molecular weight excluding hydrogens is 448 g/mol. The predicted octanol–water partition coefficient (Wildman–Crippen LogP) is 2.98. The van der Waals surface area contributed by atoms with Crippen LogP contribution in [-0.2, 0) is 18.9 Å². The molecule has 6 atom stereocenters. The second-order valence-electron chi connectivity index (χ2n) is 11.9. The minimum Gasteiger partial charge on any atom is -0.443 e. The molecular formula is C27H44N2O6. The van der Waals surface area contributed by atoms with Crippen molar-refractivity contribution in [3.05, 3.63) is 11.6 Å². The molecule has 0 aromatic rings. The number of carbonyl (C=O) groups excluding carboxylic acids is 1. The number of methoxy groups -OCH3 is 1. The summed E-state index contributed by atoms with van der Waals surface area (Å²) in [6.07, 6.45) is 6.87. The second-order valence-corrected chi connectivity index (χ2v) is 11.9. The Kier molecular flexibility index (Phi) is 7.23. The summed E-state index contributed by atoms with van der Waals surface area (Å²) in [5.41, 5.74) is 0.770. The van der Waals surface area contributed by atoms with Gasteiger partial charge in [0, 0.05) is 33.3 Å². The lowest BCUT2D eigenvalue weighted by molar-refractivity contribution is -0.124. The summed E-state index contributed by atoms with van der Waals surface area (Å²) in [7, 11) is 1.72. The summed E-state index contributed by atoms with van der Waals surface area (Å²) >= 11 is 0. The maximum atomic E-state index is 13.0. The summed E-state index contributed by atoms with van der Waals surface area (Å²) in [5, 5.41) is 9.67. The molecule has 4 saturated heterocycles. The van der Waals surface area contributed by atoms with Crippen molar-refractivity contribution in [2.75, 3.05) is 46.4 Å². The molecule has 8 heteroatoms. The van der Waals surface area contributed by atoms with Crippen LogP contribution in [0, 0.1) is 11.8 Å². The van der Waals surface area contributed by atoms with Crippen molar-refractivity contribution < 1.29 is 28.8 Å². The molecule has 0 bridgehead atoms. The number of hydrogen-bond donors (Lipinski definition) is 1. The van der Waals surface area contributed by atoms with Crippen LogP contribution >= 0.6 is 0 Å². The Bertz CT molecular complexity index is 797. The van der Waals surface area contributed by atoms with Gasteiger partial charge in [-0.1, -0.05) is 11.6 Å². The molecule has 4 heterocycles. The molecule has 0 radical (unpaired) electrons. The van der Waals surface area contributed by atoms with Gasteiger partial charge in [-0.25, -0.2) is 4.79 Å². The van der Waals surface area contributed by atoms with Crippen LogP contribution < -0.4 is 0 Å². The van der Waals surface area contributed by atoms with Gasteiger partial charge in [-0.15, -0.1) is 0 Å². The van der Waals surface area contributed by atoms with Crippen LogP contribution in [0.4, 0.5) is 4.79 Å². The molecule has 4 aliphatic heterocycles. The fourth-order valence-electron chi connectivity index (χ4n) is 6.68. The number of allylic oxidation sites excluding steroid dienone is 1. The van der Waals surface area contributed by atoms with E-state index < -0.39 is 0 Å². The van der Waals surface area contributed by atoms with E-state index in [-0.39, 0.29) is 47.6 Å². The van der Waals surface area contributed by atoms with Gasteiger partial charge in [0.2, 0.25) is 0 Å². The first kappa shape index (κ1) is 25.5. The number of ether oxygens (including phenoxy) is 4. The Morgan fingerprint density at radius 3 is 2.54 bits per heavy atom. The van der Waals surface area contributed by atoms with Crippen molar-refractivity contribution in [1.82, 2.24) is 9.80 Å². The fourth-order valence-corrected chi connectivity index (χ4v) is 6.68. The van der Waals surface area contributed by atoms with Gasteiger partial charge in [-0.3, -0.25) is 0 Å². The lowest BCUT2D eigenvalue weighted by atomic mass is 9.68. The number of carbonyl (C=O) groups is 1. The van der Waals surface area contributed by atoms with E-state index in [0.29, 0.717) is 5.92 Å². The molecule has 0 aromatic carbocycles. The maximum Gasteiger partial charge on any atom is 0.410 e. The highest BCUT2D eigenvalue weighted by molar-refractivity contribution is 5.69. The monoisotopic (exact) mass is 492 g/mol. The van der Waals surface area contributed by atoms with Crippen LogP contribution in [0.5, 0.6) is 0 Å². The van der Waals surface area contributed by atoms with Crippen LogP contribution in [-0.4, -0.2) is 103 Å². The van der Waals surface area contributed by atoms with Gasteiger partial charge in [0.25, 0.3) is 0 Å². The molecule has 8 nitrogen and oxygen atoms in total. The Morgan fingerprint density at radius 2 is 1.91 bits per heavy atom. The Hall–Kier alpha value is -1.19. The number of nitrogens with zero attached hydrogens (tertiary/aromatic N) is 2. The van der Waals surface area contributed by atoms with Crippen molar-refractivity contribution in [3.63, 3.8) is 0 Å². The van der Waals surface area contributed by atoms with Gasteiger partial charge in [-0.2, -0.15) is 0 Å². The predicted molar refractivity (Wildman–Crippen MR) is 131 cm³/mol. The van der Waals surface area contributed by atoms with E-state index >= 15 is 0 Å². The van der Waals surface area contributed by atoms with Gasteiger partial charge < -0.3 is 33.9 Å². The average Bonchev–Trinajstić information content (AvgIpc) is 3.71. The van der Waals surface area contributed by atoms with Crippen LogP contribution in [0.15, 0.2) is 11.6 Å². The summed E-state index contributed by atoms with van der Waals surface area (Å²) in [6.45, 7) is 11.7. The Morgan fingerprint density at radius 1 is 1.20 bits per heavy atom. The molecule has 1 spiro atoms. The molecule has 1 aliphatic carbocycles. The van der Waals surface area contributed by atoms with Crippen molar-refractivity contribution in [3.8, 4) is 0 Å². The van der Waals surface area contributed by atoms with E-state index in [1.807, 2.05) is 4.90 Å².